The molecule has 0 radical (unpaired) electrons. The van der Waals surface area contributed by atoms with Crippen molar-refractivity contribution in [2.45, 2.75) is 37.2 Å². The number of benzene rings is 3. The Bertz CT molecular complexity index is 1340. The largest absolute Gasteiger partial charge is 0.494 e. The van der Waals surface area contributed by atoms with Gasteiger partial charge in [0.1, 0.15) is 5.75 Å². The monoisotopic (exact) mass is 473 g/mol. The topological polar surface area (TPSA) is 73.2 Å². The average Bonchev–Trinajstić information content (AvgIpc) is 2.85. The highest BCUT2D eigenvalue weighted by molar-refractivity contribution is 8.00. The van der Waals surface area contributed by atoms with Gasteiger partial charge in [0.15, 0.2) is 5.16 Å². The standard InChI is InChI=1S/C27H27N3O3S/c1-4-33-22-16-14-21(15-17-22)30-26(32)23-12-8-9-13-24(23)29-27(30)34-19(3)25(31)28-18(2)20-10-6-5-7-11-20/h5-19H,4H2,1-3H3,(H,28,31). The van der Waals surface area contributed by atoms with E-state index in [1.54, 1.807) is 10.6 Å². The molecule has 0 saturated carbocycles. The van der Waals surface area contributed by atoms with Gasteiger partial charge in [-0.1, -0.05) is 54.2 Å². The van der Waals surface area contributed by atoms with Crippen molar-refractivity contribution in [2.24, 2.45) is 0 Å². The molecule has 0 aliphatic rings. The molecule has 0 aliphatic carbocycles. The molecule has 7 heteroatoms. The quantitative estimate of drug-likeness (QED) is 0.283. The summed E-state index contributed by atoms with van der Waals surface area (Å²) in [5, 5.41) is 3.58. The third-order valence-electron chi connectivity index (χ3n) is 5.46. The summed E-state index contributed by atoms with van der Waals surface area (Å²) in [4.78, 5) is 31.2. The lowest BCUT2D eigenvalue weighted by molar-refractivity contribution is -0.120. The van der Waals surface area contributed by atoms with Gasteiger partial charge in [-0.3, -0.25) is 14.2 Å². The van der Waals surface area contributed by atoms with Gasteiger partial charge in [0.25, 0.3) is 5.56 Å². The van der Waals surface area contributed by atoms with Crippen LogP contribution in [0.2, 0.25) is 0 Å². The molecule has 1 amide bonds. The number of nitrogens with zero attached hydrogens (tertiary/aromatic N) is 2. The maximum atomic E-state index is 13.5. The van der Waals surface area contributed by atoms with Crippen LogP contribution in [0.3, 0.4) is 0 Å². The first kappa shape index (κ1) is 23.6. The minimum absolute atomic E-state index is 0.123. The predicted octanol–water partition coefficient (Wildman–Crippen LogP) is 5.14. The van der Waals surface area contributed by atoms with E-state index in [1.807, 2.05) is 93.6 Å². The Labute approximate surface area is 203 Å². The molecule has 2 atom stereocenters. The molecule has 4 rings (SSSR count). The number of fused-ring (bicyclic) bond motifs is 1. The molecule has 1 aromatic heterocycles. The van der Waals surface area contributed by atoms with Gasteiger partial charge in [-0.25, -0.2) is 4.98 Å². The van der Waals surface area contributed by atoms with E-state index in [0.29, 0.717) is 28.4 Å². The maximum absolute atomic E-state index is 13.5. The Kier molecular flexibility index (Phi) is 7.33. The third kappa shape index (κ3) is 5.15. The highest BCUT2D eigenvalue weighted by atomic mass is 32.2. The van der Waals surface area contributed by atoms with E-state index < -0.39 is 5.25 Å². The van der Waals surface area contributed by atoms with Gasteiger partial charge in [0.2, 0.25) is 5.91 Å². The van der Waals surface area contributed by atoms with Gasteiger partial charge < -0.3 is 10.1 Å². The molecule has 0 spiro atoms. The van der Waals surface area contributed by atoms with E-state index in [1.165, 1.54) is 11.8 Å². The summed E-state index contributed by atoms with van der Waals surface area (Å²) >= 11 is 1.26. The maximum Gasteiger partial charge on any atom is 0.266 e. The molecule has 6 nitrogen and oxygen atoms in total. The van der Waals surface area contributed by atoms with Crippen molar-refractivity contribution in [2.75, 3.05) is 6.61 Å². The molecule has 174 valence electrons. The summed E-state index contributed by atoms with van der Waals surface area (Å²) < 4.78 is 7.10. The van der Waals surface area contributed by atoms with Crippen molar-refractivity contribution < 1.29 is 9.53 Å². The summed E-state index contributed by atoms with van der Waals surface area (Å²) in [5.41, 5.74) is 2.12. The SMILES string of the molecule is CCOc1ccc(-n2c(SC(C)C(=O)NC(C)c3ccccc3)nc3ccccc3c2=O)cc1. The minimum Gasteiger partial charge on any atom is -0.494 e. The third-order valence-corrected chi connectivity index (χ3v) is 6.51. The number of nitrogens with one attached hydrogen (secondary N) is 1. The lowest BCUT2D eigenvalue weighted by Gasteiger charge is -2.19. The number of carbonyl (C=O) groups is 1. The smallest absolute Gasteiger partial charge is 0.266 e. The fraction of sp³-hybridized carbons (Fsp3) is 0.222. The van der Waals surface area contributed by atoms with Crippen LogP contribution >= 0.6 is 11.8 Å². The number of carbonyl (C=O) groups excluding carboxylic acids is 1. The van der Waals surface area contributed by atoms with Crippen molar-refractivity contribution in [1.82, 2.24) is 14.9 Å². The molecule has 34 heavy (non-hydrogen) atoms. The van der Waals surface area contributed by atoms with Gasteiger partial charge in [-0.15, -0.1) is 0 Å². The van der Waals surface area contributed by atoms with Gasteiger partial charge >= 0.3 is 0 Å². The van der Waals surface area contributed by atoms with Crippen LogP contribution in [0, 0.1) is 0 Å². The zero-order valence-corrected chi connectivity index (χ0v) is 20.2. The fourth-order valence-corrected chi connectivity index (χ4v) is 4.58. The molecule has 0 aliphatic heterocycles. The number of thioether (sulfide) groups is 1. The summed E-state index contributed by atoms with van der Waals surface area (Å²) in [6, 6.07) is 24.2. The summed E-state index contributed by atoms with van der Waals surface area (Å²) in [7, 11) is 0. The van der Waals surface area contributed by atoms with Crippen LogP contribution < -0.4 is 15.6 Å². The Morgan fingerprint density at radius 3 is 2.38 bits per heavy atom. The normalized spacial score (nSPS) is 12.8. The molecule has 0 fully saturated rings. The van der Waals surface area contributed by atoms with Crippen molar-refractivity contribution in [1.29, 1.82) is 0 Å². The van der Waals surface area contributed by atoms with E-state index in [-0.39, 0.29) is 17.5 Å². The van der Waals surface area contributed by atoms with Gasteiger partial charge in [0.05, 0.1) is 34.5 Å². The highest BCUT2D eigenvalue weighted by Crippen LogP contribution is 2.26. The number of hydrogen-bond donors (Lipinski definition) is 1. The van der Waals surface area contributed by atoms with Crippen LogP contribution in [0.5, 0.6) is 5.75 Å². The molecule has 2 unspecified atom stereocenters. The van der Waals surface area contributed by atoms with E-state index in [2.05, 4.69) is 5.32 Å². The van der Waals surface area contributed by atoms with Crippen molar-refractivity contribution in [3.05, 3.63) is 94.8 Å². The van der Waals surface area contributed by atoms with Crippen molar-refractivity contribution in [3.8, 4) is 11.4 Å². The van der Waals surface area contributed by atoms with E-state index in [0.717, 1.165) is 11.3 Å². The van der Waals surface area contributed by atoms with Crippen LogP contribution in [0.4, 0.5) is 0 Å². The van der Waals surface area contributed by atoms with E-state index >= 15 is 0 Å². The number of amides is 1. The number of rotatable bonds is 8. The molecule has 1 N–H and O–H groups in total. The van der Waals surface area contributed by atoms with Crippen LogP contribution in [-0.2, 0) is 4.79 Å². The predicted molar refractivity (Wildman–Crippen MR) is 137 cm³/mol. The minimum atomic E-state index is -0.465. The first-order valence-electron chi connectivity index (χ1n) is 11.2. The molecule has 3 aromatic carbocycles. The van der Waals surface area contributed by atoms with Gasteiger partial charge in [-0.2, -0.15) is 0 Å². The second kappa shape index (κ2) is 10.6. The molecule has 0 saturated heterocycles. The molecule has 1 heterocycles. The first-order valence-corrected chi connectivity index (χ1v) is 12.1. The lowest BCUT2D eigenvalue weighted by atomic mass is 10.1. The zero-order valence-electron chi connectivity index (χ0n) is 19.4. The highest BCUT2D eigenvalue weighted by Gasteiger charge is 2.22. The van der Waals surface area contributed by atoms with Crippen molar-refractivity contribution >= 4 is 28.6 Å². The van der Waals surface area contributed by atoms with Crippen LogP contribution in [0.1, 0.15) is 32.4 Å². The Hall–Kier alpha value is -3.58. The Balaban J connectivity index is 1.66. The number of para-hydroxylation sites is 1. The van der Waals surface area contributed by atoms with E-state index in [4.69, 9.17) is 9.72 Å². The zero-order chi connectivity index (χ0) is 24.1. The second-order valence-corrected chi connectivity index (χ2v) is 9.19. The van der Waals surface area contributed by atoms with Crippen LogP contribution in [-0.4, -0.2) is 27.3 Å². The number of hydrogen-bond acceptors (Lipinski definition) is 5. The van der Waals surface area contributed by atoms with E-state index in [9.17, 15) is 9.59 Å². The average molecular weight is 474 g/mol. The summed E-state index contributed by atoms with van der Waals surface area (Å²) in [6.07, 6.45) is 0. The molecule has 0 bridgehead atoms. The summed E-state index contributed by atoms with van der Waals surface area (Å²) in [5.74, 6) is 0.604. The molecular weight excluding hydrogens is 446 g/mol. The van der Waals surface area contributed by atoms with Crippen LogP contribution in [0.15, 0.2) is 88.8 Å². The Morgan fingerprint density at radius 2 is 1.68 bits per heavy atom. The fourth-order valence-electron chi connectivity index (χ4n) is 3.64. The van der Waals surface area contributed by atoms with Crippen molar-refractivity contribution in [3.63, 3.8) is 0 Å². The molecular formula is C27H27N3O3S. The Morgan fingerprint density at radius 1 is 1.00 bits per heavy atom. The number of aromatic nitrogens is 2. The second-order valence-electron chi connectivity index (χ2n) is 7.88. The lowest BCUT2D eigenvalue weighted by Crippen LogP contribution is -2.33. The first-order chi connectivity index (χ1) is 16.5. The van der Waals surface area contributed by atoms with Gasteiger partial charge in [-0.05, 0) is 62.7 Å². The number of ether oxygens (including phenoxy) is 1. The summed E-state index contributed by atoms with van der Waals surface area (Å²) in [6.45, 7) is 6.26. The van der Waals surface area contributed by atoms with Crippen LogP contribution in [0.25, 0.3) is 16.6 Å². The molecule has 4 aromatic rings. The van der Waals surface area contributed by atoms with Gasteiger partial charge in [0, 0.05) is 0 Å².